The number of hydrogen-bond acceptors (Lipinski definition) is 4. The van der Waals surface area contributed by atoms with Gasteiger partial charge in [-0.05, 0) is 38.4 Å². The number of aryl methyl sites for hydroxylation is 1. The van der Waals surface area contributed by atoms with Gasteiger partial charge in [0, 0.05) is 37.3 Å². The van der Waals surface area contributed by atoms with Crippen molar-refractivity contribution in [2.45, 2.75) is 32.2 Å². The second-order valence-electron chi connectivity index (χ2n) is 6.47. The Morgan fingerprint density at radius 2 is 2.17 bits per heavy atom. The summed E-state index contributed by atoms with van der Waals surface area (Å²) in [7, 11) is 2.01. The molecule has 2 aromatic heterocycles. The van der Waals surface area contributed by atoms with Gasteiger partial charge in [-0.15, -0.1) is 11.3 Å². The zero-order chi connectivity index (χ0) is 15.8. The molecule has 5 heteroatoms. The molecule has 1 atom stereocenters. The maximum absolute atomic E-state index is 4.87. The molecule has 0 aliphatic carbocycles. The van der Waals surface area contributed by atoms with Crippen molar-refractivity contribution in [1.29, 1.82) is 0 Å². The summed E-state index contributed by atoms with van der Waals surface area (Å²) in [4.78, 5) is 7.43. The van der Waals surface area contributed by atoms with Crippen molar-refractivity contribution < 1.29 is 0 Å². The summed E-state index contributed by atoms with van der Waals surface area (Å²) in [5, 5.41) is 5.67. The molecule has 0 radical (unpaired) electrons. The normalized spacial score (nSPS) is 19.5. The highest BCUT2D eigenvalue weighted by Gasteiger charge is 2.24. The molecule has 1 aliphatic rings. The second kappa shape index (κ2) is 6.06. The molecular weight excluding hydrogens is 304 g/mol. The Bertz CT molecular complexity index is 786. The molecule has 3 aromatic rings. The van der Waals surface area contributed by atoms with Gasteiger partial charge in [-0.2, -0.15) is 5.10 Å². The molecular formula is C18H22N4S. The molecule has 1 aromatic carbocycles. The number of nitrogens with zero attached hydrogens (tertiary/aromatic N) is 4. The van der Waals surface area contributed by atoms with E-state index >= 15 is 0 Å². The number of piperidine rings is 1. The quantitative estimate of drug-likeness (QED) is 0.735. The van der Waals surface area contributed by atoms with Crippen LogP contribution in [-0.2, 0) is 13.6 Å². The molecule has 0 unspecified atom stereocenters. The lowest BCUT2D eigenvalue weighted by atomic mass is 9.98. The molecule has 1 saturated heterocycles. The van der Waals surface area contributed by atoms with Crippen LogP contribution in [0.3, 0.4) is 0 Å². The highest BCUT2D eigenvalue weighted by Crippen LogP contribution is 2.33. The number of rotatable bonds is 3. The van der Waals surface area contributed by atoms with E-state index in [-0.39, 0.29) is 0 Å². The van der Waals surface area contributed by atoms with E-state index in [1.165, 1.54) is 40.4 Å². The largest absolute Gasteiger partial charge is 0.298 e. The number of para-hydroxylation sites is 1. The predicted octanol–water partition coefficient (Wildman–Crippen LogP) is 3.72. The summed E-state index contributed by atoms with van der Waals surface area (Å²) >= 11 is 1.87. The Morgan fingerprint density at radius 3 is 2.96 bits per heavy atom. The minimum atomic E-state index is 0.568. The van der Waals surface area contributed by atoms with Crippen LogP contribution < -0.4 is 0 Å². The summed E-state index contributed by atoms with van der Waals surface area (Å²) in [5.74, 6) is 0.568. The Morgan fingerprint density at radius 1 is 1.30 bits per heavy atom. The third-order valence-electron chi connectivity index (χ3n) is 4.90. The molecule has 0 spiro atoms. The van der Waals surface area contributed by atoms with Crippen LogP contribution in [0.25, 0.3) is 10.2 Å². The molecule has 3 heterocycles. The van der Waals surface area contributed by atoms with Crippen molar-refractivity contribution in [2.24, 2.45) is 7.05 Å². The lowest BCUT2D eigenvalue weighted by Crippen LogP contribution is -2.34. The summed E-state index contributed by atoms with van der Waals surface area (Å²) in [6, 6.07) is 8.47. The highest BCUT2D eigenvalue weighted by atomic mass is 32.1. The fraction of sp³-hybridized carbons (Fsp3) is 0.444. The molecule has 23 heavy (non-hydrogen) atoms. The lowest BCUT2D eigenvalue weighted by molar-refractivity contribution is 0.200. The van der Waals surface area contributed by atoms with Crippen molar-refractivity contribution in [3.05, 3.63) is 46.7 Å². The van der Waals surface area contributed by atoms with Gasteiger partial charge in [0.25, 0.3) is 0 Å². The van der Waals surface area contributed by atoms with E-state index in [0.29, 0.717) is 5.92 Å². The van der Waals surface area contributed by atoms with E-state index in [1.807, 2.05) is 29.3 Å². The molecule has 0 amide bonds. The van der Waals surface area contributed by atoms with E-state index in [4.69, 9.17) is 4.98 Å². The van der Waals surface area contributed by atoms with Gasteiger partial charge in [-0.3, -0.25) is 9.58 Å². The van der Waals surface area contributed by atoms with Crippen molar-refractivity contribution >= 4 is 21.6 Å². The minimum absolute atomic E-state index is 0.568. The first-order valence-corrected chi connectivity index (χ1v) is 9.07. The first kappa shape index (κ1) is 14.8. The van der Waals surface area contributed by atoms with Gasteiger partial charge >= 0.3 is 0 Å². The monoisotopic (exact) mass is 326 g/mol. The van der Waals surface area contributed by atoms with Crippen LogP contribution in [0.1, 0.15) is 35.0 Å². The lowest BCUT2D eigenvalue weighted by Gasteiger charge is -2.31. The summed E-state index contributed by atoms with van der Waals surface area (Å²) < 4.78 is 3.27. The third-order valence-corrected chi connectivity index (χ3v) is 6.09. The van der Waals surface area contributed by atoms with E-state index in [1.54, 1.807) is 0 Å². The maximum Gasteiger partial charge on any atom is 0.0982 e. The van der Waals surface area contributed by atoms with Crippen LogP contribution >= 0.6 is 11.3 Å². The first-order chi connectivity index (χ1) is 11.2. The molecule has 120 valence electrons. The summed E-state index contributed by atoms with van der Waals surface area (Å²) in [5.41, 5.74) is 3.76. The molecule has 0 N–H and O–H groups in total. The molecule has 4 rings (SSSR count). The van der Waals surface area contributed by atoms with Gasteiger partial charge in [0.05, 0.1) is 21.4 Å². The van der Waals surface area contributed by atoms with Crippen molar-refractivity contribution in [2.75, 3.05) is 13.1 Å². The van der Waals surface area contributed by atoms with E-state index in [0.717, 1.165) is 18.6 Å². The second-order valence-corrected chi connectivity index (χ2v) is 7.54. The van der Waals surface area contributed by atoms with Crippen LogP contribution in [0.2, 0.25) is 0 Å². The maximum atomic E-state index is 4.87. The zero-order valence-electron chi connectivity index (χ0n) is 13.7. The van der Waals surface area contributed by atoms with Gasteiger partial charge in [0.15, 0.2) is 0 Å². The fourth-order valence-corrected chi connectivity index (χ4v) is 4.50. The smallest absolute Gasteiger partial charge is 0.0982 e. The summed E-state index contributed by atoms with van der Waals surface area (Å²) in [6.07, 6.45) is 4.51. The van der Waals surface area contributed by atoms with Crippen LogP contribution in [0.5, 0.6) is 0 Å². The Kier molecular flexibility index (Phi) is 3.91. The van der Waals surface area contributed by atoms with Gasteiger partial charge < -0.3 is 0 Å². The fourth-order valence-electron chi connectivity index (χ4n) is 3.41. The van der Waals surface area contributed by atoms with Crippen LogP contribution in [0.15, 0.2) is 30.5 Å². The predicted molar refractivity (Wildman–Crippen MR) is 94.8 cm³/mol. The van der Waals surface area contributed by atoms with E-state index in [2.05, 4.69) is 41.2 Å². The van der Waals surface area contributed by atoms with Gasteiger partial charge in [0.1, 0.15) is 0 Å². The van der Waals surface area contributed by atoms with Crippen LogP contribution in [0, 0.1) is 6.92 Å². The number of thiazole rings is 1. The minimum Gasteiger partial charge on any atom is -0.298 e. The number of aromatic nitrogens is 3. The number of fused-ring (bicyclic) bond motifs is 1. The average molecular weight is 326 g/mol. The Labute approximate surface area is 140 Å². The Balaban J connectivity index is 1.51. The Hall–Kier alpha value is -1.72. The van der Waals surface area contributed by atoms with Crippen molar-refractivity contribution in [3.8, 4) is 0 Å². The number of benzene rings is 1. The standard InChI is InChI=1S/C18H22N4S/c1-13-15(10-19-21(13)2)12-22-9-5-6-14(11-22)18-20-16-7-3-4-8-17(16)23-18/h3-4,7-8,10,14H,5-6,9,11-12H2,1-2H3/t14-/m1/s1. The van der Waals surface area contributed by atoms with Gasteiger partial charge in [-0.1, -0.05) is 12.1 Å². The highest BCUT2D eigenvalue weighted by molar-refractivity contribution is 7.18. The molecule has 1 fully saturated rings. The molecule has 4 nitrogen and oxygen atoms in total. The third kappa shape index (κ3) is 2.91. The molecule has 0 saturated carbocycles. The molecule has 0 bridgehead atoms. The van der Waals surface area contributed by atoms with E-state index < -0.39 is 0 Å². The topological polar surface area (TPSA) is 34.0 Å². The summed E-state index contributed by atoms with van der Waals surface area (Å²) in [6.45, 7) is 5.43. The van der Waals surface area contributed by atoms with Crippen molar-refractivity contribution in [1.82, 2.24) is 19.7 Å². The first-order valence-electron chi connectivity index (χ1n) is 8.26. The average Bonchev–Trinajstić information content (AvgIpc) is 3.14. The number of hydrogen-bond donors (Lipinski definition) is 0. The van der Waals surface area contributed by atoms with Crippen LogP contribution in [0.4, 0.5) is 0 Å². The van der Waals surface area contributed by atoms with Gasteiger partial charge in [0.2, 0.25) is 0 Å². The van der Waals surface area contributed by atoms with Crippen molar-refractivity contribution in [3.63, 3.8) is 0 Å². The SMILES string of the molecule is Cc1c(CN2CCC[C@@H](c3nc4ccccc4s3)C2)cnn1C. The van der Waals surface area contributed by atoms with Gasteiger partial charge in [-0.25, -0.2) is 4.98 Å². The van der Waals surface area contributed by atoms with Crippen LogP contribution in [-0.4, -0.2) is 32.8 Å². The zero-order valence-corrected chi connectivity index (χ0v) is 14.5. The van der Waals surface area contributed by atoms with E-state index in [9.17, 15) is 0 Å². The number of likely N-dealkylation sites (tertiary alicyclic amines) is 1. The molecule has 1 aliphatic heterocycles.